The van der Waals surface area contributed by atoms with E-state index in [0.717, 1.165) is 12.1 Å². The molecule has 0 fully saturated rings. The maximum Gasteiger partial charge on any atom is 0.291 e. The Bertz CT molecular complexity index is 574. The van der Waals surface area contributed by atoms with Crippen molar-refractivity contribution >= 4 is 33.2 Å². The Morgan fingerprint density at radius 2 is 2.16 bits per heavy atom. The third kappa shape index (κ3) is 4.08. The Morgan fingerprint density at radius 3 is 2.68 bits per heavy atom. The highest BCUT2D eigenvalue weighted by atomic mass is 32.2. The van der Waals surface area contributed by atoms with Crippen molar-refractivity contribution in [2.75, 3.05) is 18.5 Å². The molecule has 3 N–H and O–H groups in total. The van der Waals surface area contributed by atoms with Gasteiger partial charge in [0.25, 0.3) is 5.69 Å². The average Bonchev–Trinajstić information content (AvgIpc) is 2.35. The molecular weight excluding hydrogens is 290 g/mol. The molecule has 106 valence electrons. The van der Waals surface area contributed by atoms with Crippen LogP contribution in [0.2, 0.25) is 0 Å². The van der Waals surface area contributed by atoms with Gasteiger partial charge in [0.2, 0.25) is 10.0 Å². The van der Waals surface area contributed by atoms with Gasteiger partial charge in [0.15, 0.2) is 4.90 Å². The predicted octanol–water partition coefficient (Wildman–Crippen LogP) is 1.21. The van der Waals surface area contributed by atoms with Crippen LogP contribution in [-0.4, -0.2) is 31.4 Å². The third-order valence-corrected chi connectivity index (χ3v) is 4.87. The molecule has 0 aromatic heterocycles. The van der Waals surface area contributed by atoms with Gasteiger partial charge in [-0.3, -0.25) is 10.1 Å². The maximum atomic E-state index is 12.0. The summed E-state index contributed by atoms with van der Waals surface area (Å²) in [7, 11) is -3.92. The number of hydrogen-bond donors (Lipinski definition) is 2. The minimum absolute atomic E-state index is 0.0719. The first-order chi connectivity index (χ1) is 8.77. The molecular formula is C10H15N3O4S2. The lowest BCUT2D eigenvalue weighted by atomic mass is 10.3. The van der Waals surface area contributed by atoms with E-state index in [2.05, 4.69) is 4.72 Å². The number of nitrogens with zero attached hydrogens (tertiary/aromatic N) is 1. The molecule has 7 nitrogen and oxygen atoms in total. The first-order valence-electron chi connectivity index (χ1n) is 5.34. The number of nitrogens with one attached hydrogen (secondary N) is 1. The van der Waals surface area contributed by atoms with Crippen molar-refractivity contribution in [1.82, 2.24) is 4.72 Å². The van der Waals surface area contributed by atoms with Crippen molar-refractivity contribution in [3.05, 3.63) is 28.3 Å². The fraction of sp³-hybridized carbons (Fsp3) is 0.400. The van der Waals surface area contributed by atoms with Crippen LogP contribution in [0, 0.1) is 10.1 Å². The summed E-state index contributed by atoms with van der Waals surface area (Å²) >= 11 is 1.49. The van der Waals surface area contributed by atoms with E-state index in [9.17, 15) is 18.5 Å². The van der Waals surface area contributed by atoms with E-state index in [1.165, 1.54) is 17.8 Å². The molecule has 1 unspecified atom stereocenters. The highest BCUT2D eigenvalue weighted by Gasteiger charge is 2.25. The van der Waals surface area contributed by atoms with Crippen LogP contribution in [0.4, 0.5) is 11.4 Å². The highest BCUT2D eigenvalue weighted by Crippen LogP contribution is 2.25. The zero-order valence-corrected chi connectivity index (χ0v) is 12.1. The molecule has 0 spiro atoms. The average molecular weight is 305 g/mol. The zero-order valence-electron chi connectivity index (χ0n) is 10.5. The highest BCUT2D eigenvalue weighted by molar-refractivity contribution is 7.99. The van der Waals surface area contributed by atoms with Crippen molar-refractivity contribution in [3.63, 3.8) is 0 Å². The van der Waals surface area contributed by atoms with Gasteiger partial charge < -0.3 is 5.73 Å². The molecule has 1 rings (SSSR count). The molecule has 9 heteroatoms. The molecule has 1 aromatic rings. The van der Waals surface area contributed by atoms with Crippen molar-refractivity contribution in [3.8, 4) is 0 Å². The molecule has 1 aromatic carbocycles. The van der Waals surface area contributed by atoms with Crippen LogP contribution < -0.4 is 10.5 Å². The van der Waals surface area contributed by atoms with Crippen molar-refractivity contribution in [2.45, 2.75) is 17.1 Å². The molecule has 19 heavy (non-hydrogen) atoms. The zero-order chi connectivity index (χ0) is 14.6. The van der Waals surface area contributed by atoms with Gasteiger partial charge in [0, 0.05) is 23.5 Å². The largest absolute Gasteiger partial charge is 0.399 e. The molecule has 0 amide bonds. The number of benzene rings is 1. The van der Waals surface area contributed by atoms with Gasteiger partial charge in [-0.15, -0.1) is 0 Å². The summed E-state index contributed by atoms with van der Waals surface area (Å²) < 4.78 is 26.4. The van der Waals surface area contributed by atoms with Gasteiger partial charge in [-0.1, -0.05) is 6.92 Å². The first kappa shape index (κ1) is 15.7. The van der Waals surface area contributed by atoms with E-state index in [1.807, 2.05) is 13.2 Å². The van der Waals surface area contributed by atoms with Gasteiger partial charge >= 0.3 is 0 Å². The van der Waals surface area contributed by atoms with Crippen LogP contribution in [0.25, 0.3) is 0 Å². The monoisotopic (exact) mass is 305 g/mol. The van der Waals surface area contributed by atoms with Crippen molar-refractivity contribution in [2.24, 2.45) is 0 Å². The molecule has 0 saturated heterocycles. The summed E-state index contributed by atoms with van der Waals surface area (Å²) in [6.45, 7) is 2.05. The molecule has 0 aliphatic heterocycles. The second kappa shape index (κ2) is 6.22. The Morgan fingerprint density at radius 1 is 1.53 bits per heavy atom. The molecule has 0 bridgehead atoms. The minimum Gasteiger partial charge on any atom is -0.399 e. The number of anilines is 1. The molecule has 1 atom stereocenters. The molecule has 0 saturated carbocycles. The quantitative estimate of drug-likeness (QED) is 0.463. The fourth-order valence-electron chi connectivity index (χ4n) is 1.29. The fourth-order valence-corrected chi connectivity index (χ4v) is 2.93. The van der Waals surface area contributed by atoms with E-state index >= 15 is 0 Å². The van der Waals surface area contributed by atoms with E-state index in [-0.39, 0.29) is 22.4 Å². The Hall–Kier alpha value is -1.32. The lowest BCUT2D eigenvalue weighted by Gasteiger charge is -2.11. The maximum absolute atomic E-state index is 12.0. The second-order valence-corrected chi connectivity index (χ2v) is 6.89. The van der Waals surface area contributed by atoms with Crippen molar-refractivity contribution < 1.29 is 13.3 Å². The SMILES string of the molecule is CSC(C)CNS(=O)(=O)c1ccc(N)cc1[N+](=O)[O-]. The Balaban J connectivity index is 3.11. The Labute approximate surface area is 115 Å². The van der Waals surface area contributed by atoms with E-state index < -0.39 is 20.6 Å². The van der Waals surface area contributed by atoms with Crippen LogP contribution in [0.5, 0.6) is 0 Å². The van der Waals surface area contributed by atoms with Gasteiger partial charge in [0.05, 0.1) is 4.92 Å². The number of nitro groups is 1. The normalized spacial score (nSPS) is 13.2. The lowest BCUT2D eigenvalue weighted by molar-refractivity contribution is -0.387. The minimum atomic E-state index is -3.92. The predicted molar refractivity (Wildman–Crippen MR) is 75.7 cm³/mol. The van der Waals surface area contributed by atoms with Gasteiger partial charge in [-0.05, 0) is 18.4 Å². The second-order valence-electron chi connectivity index (χ2n) is 3.88. The summed E-state index contributed by atoms with van der Waals surface area (Å²) in [4.78, 5) is 9.73. The van der Waals surface area contributed by atoms with Crippen LogP contribution in [0.1, 0.15) is 6.92 Å². The van der Waals surface area contributed by atoms with Crippen LogP contribution in [0.3, 0.4) is 0 Å². The number of hydrogen-bond acceptors (Lipinski definition) is 6. The Kier molecular flexibility index (Phi) is 5.15. The number of rotatable bonds is 6. The molecule has 0 aliphatic rings. The van der Waals surface area contributed by atoms with Gasteiger partial charge in [-0.25, -0.2) is 13.1 Å². The summed E-state index contributed by atoms with van der Waals surface area (Å²) in [5.74, 6) is 0. The van der Waals surface area contributed by atoms with Gasteiger partial charge in [0.1, 0.15) is 0 Å². The lowest BCUT2D eigenvalue weighted by Crippen LogP contribution is -2.30. The van der Waals surface area contributed by atoms with E-state index in [0.29, 0.717) is 0 Å². The van der Waals surface area contributed by atoms with Crippen LogP contribution >= 0.6 is 11.8 Å². The smallest absolute Gasteiger partial charge is 0.291 e. The summed E-state index contributed by atoms with van der Waals surface area (Å²) in [6, 6.07) is 3.49. The number of sulfonamides is 1. The first-order valence-corrected chi connectivity index (χ1v) is 8.11. The third-order valence-electron chi connectivity index (χ3n) is 2.43. The van der Waals surface area contributed by atoms with Crippen LogP contribution in [-0.2, 0) is 10.0 Å². The van der Waals surface area contributed by atoms with Crippen LogP contribution in [0.15, 0.2) is 23.1 Å². The molecule has 0 radical (unpaired) electrons. The number of nitro benzene ring substituents is 1. The summed E-state index contributed by atoms with van der Waals surface area (Å²) in [5.41, 5.74) is 5.05. The summed E-state index contributed by atoms with van der Waals surface area (Å²) in [5, 5.41) is 10.9. The number of nitrogen functional groups attached to an aromatic ring is 1. The van der Waals surface area contributed by atoms with Crippen molar-refractivity contribution in [1.29, 1.82) is 0 Å². The summed E-state index contributed by atoms with van der Waals surface area (Å²) in [6.07, 6.45) is 1.85. The number of nitrogens with two attached hydrogens (primary N) is 1. The molecule has 0 aliphatic carbocycles. The van der Waals surface area contributed by atoms with E-state index in [4.69, 9.17) is 5.73 Å². The topological polar surface area (TPSA) is 115 Å². The molecule has 0 heterocycles. The number of thioether (sulfide) groups is 1. The van der Waals surface area contributed by atoms with Gasteiger partial charge in [-0.2, -0.15) is 11.8 Å². The standard InChI is InChI=1S/C10H15N3O4S2/c1-7(18-2)6-12-19(16,17)10-4-3-8(11)5-9(10)13(14)15/h3-5,7,12H,6,11H2,1-2H3. The van der Waals surface area contributed by atoms with E-state index in [1.54, 1.807) is 0 Å².